The van der Waals surface area contributed by atoms with Crippen LogP contribution in [-0.4, -0.2) is 4.57 Å². The summed E-state index contributed by atoms with van der Waals surface area (Å²) in [4.78, 5) is 0. The summed E-state index contributed by atoms with van der Waals surface area (Å²) in [5.41, 5.74) is 11.3. The highest BCUT2D eigenvalue weighted by Crippen LogP contribution is 2.53. The molecule has 0 amide bonds. The molecule has 7 rings (SSSR count). The minimum Gasteiger partial charge on any atom is -0.488 e. The van der Waals surface area contributed by atoms with Crippen molar-refractivity contribution in [1.29, 1.82) is 0 Å². The molecule has 0 N–H and O–H groups in total. The maximum Gasteiger partial charge on any atom is 0.129 e. The lowest BCUT2D eigenvalue weighted by Crippen LogP contribution is -2.10. The van der Waals surface area contributed by atoms with Crippen molar-refractivity contribution in [1.82, 2.24) is 4.57 Å². The van der Waals surface area contributed by atoms with E-state index in [2.05, 4.69) is 84.3 Å². The molecule has 0 radical (unpaired) electrons. The third-order valence-corrected chi connectivity index (χ3v) is 8.31. The zero-order valence-corrected chi connectivity index (χ0v) is 19.9. The van der Waals surface area contributed by atoms with Gasteiger partial charge in [-0.05, 0) is 72.6 Å². The Balaban J connectivity index is 1.42. The van der Waals surface area contributed by atoms with E-state index in [1.807, 2.05) is 0 Å². The second kappa shape index (κ2) is 7.91. The maximum absolute atomic E-state index is 6.49. The van der Waals surface area contributed by atoms with E-state index >= 15 is 0 Å². The number of ether oxygens (including phenoxy) is 1. The topological polar surface area (TPSA) is 14.2 Å². The molecule has 1 atom stereocenters. The molecule has 1 aliphatic heterocycles. The highest BCUT2D eigenvalue weighted by Gasteiger charge is 2.37. The number of nitrogens with zero attached hydrogens (tertiary/aromatic N) is 1. The molecular weight excluding hydrogens is 414 g/mol. The number of hydrogen-bond acceptors (Lipinski definition) is 1. The fourth-order valence-corrected chi connectivity index (χ4v) is 6.51. The average molecular weight is 446 g/mol. The smallest absolute Gasteiger partial charge is 0.129 e. The Bertz CT molecular complexity index is 1410. The van der Waals surface area contributed by atoms with Crippen molar-refractivity contribution < 1.29 is 4.74 Å². The van der Waals surface area contributed by atoms with Gasteiger partial charge < -0.3 is 9.30 Å². The molecule has 2 aromatic carbocycles. The number of fused-ring (bicyclic) bond motifs is 7. The van der Waals surface area contributed by atoms with Crippen LogP contribution in [0, 0.1) is 0 Å². The Morgan fingerprint density at radius 2 is 1.85 bits per heavy atom. The van der Waals surface area contributed by atoms with Gasteiger partial charge in [0.2, 0.25) is 0 Å². The first kappa shape index (κ1) is 20.1. The van der Waals surface area contributed by atoms with Gasteiger partial charge in [-0.1, -0.05) is 73.9 Å². The molecule has 3 aromatic rings. The van der Waals surface area contributed by atoms with Crippen LogP contribution in [0.5, 0.6) is 5.75 Å². The van der Waals surface area contributed by atoms with Crippen LogP contribution >= 0.6 is 0 Å². The van der Waals surface area contributed by atoms with Crippen LogP contribution in [-0.2, 0) is 6.61 Å². The van der Waals surface area contributed by atoms with E-state index in [-0.39, 0.29) is 0 Å². The molecule has 1 fully saturated rings. The van der Waals surface area contributed by atoms with Crippen LogP contribution < -0.4 is 4.74 Å². The Morgan fingerprint density at radius 1 is 1.00 bits per heavy atom. The highest BCUT2D eigenvalue weighted by molar-refractivity contribution is 5.96. The Kier molecular flexibility index (Phi) is 4.68. The second-order valence-corrected chi connectivity index (χ2v) is 10.3. The summed E-state index contributed by atoms with van der Waals surface area (Å²) in [6.07, 6.45) is 17.0. The van der Waals surface area contributed by atoms with E-state index in [1.54, 1.807) is 0 Å². The molecule has 0 bridgehead atoms. The largest absolute Gasteiger partial charge is 0.488 e. The zero-order valence-electron chi connectivity index (χ0n) is 19.9. The molecule has 34 heavy (non-hydrogen) atoms. The van der Waals surface area contributed by atoms with Crippen LogP contribution in [0.25, 0.3) is 16.6 Å². The van der Waals surface area contributed by atoms with Crippen LogP contribution in [0.1, 0.15) is 74.1 Å². The standard InChI is InChI=1S/C32H31NO/c1-21-27-18-28(27)25-14-8-9-15-26(25)30-19-29-31(34-20-22-10-4-2-5-11-22)17-16-24(32(29)33(21)30)23-12-6-3-7-13-23/h2,4-5,8-11,14,16-19,23,26H,3,6-7,12-13,15,20H2,1H3. The molecule has 1 saturated carbocycles. The van der Waals surface area contributed by atoms with Crippen LogP contribution in [0.15, 0.2) is 89.6 Å². The average Bonchev–Trinajstić information content (AvgIpc) is 3.61. The molecule has 170 valence electrons. The lowest BCUT2D eigenvalue weighted by atomic mass is 9.83. The Labute approximate surface area is 201 Å². The van der Waals surface area contributed by atoms with Crippen molar-refractivity contribution in [2.75, 3.05) is 0 Å². The Morgan fingerprint density at radius 3 is 2.71 bits per heavy atom. The predicted molar refractivity (Wildman–Crippen MR) is 140 cm³/mol. The van der Waals surface area contributed by atoms with Crippen LogP contribution in [0.3, 0.4) is 0 Å². The minimum absolute atomic E-state index is 0.416. The van der Waals surface area contributed by atoms with Crippen molar-refractivity contribution >= 4 is 16.6 Å². The fourth-order valence-electron chi connectivity index (χ4n) is 6.51. The minimum atomic E-state index is 0.416. The molecule has 0 saturated heterocycles. The van der Waals surface area contributed by atoms with E-state index < -0.39 is 0 Å². The maximum atomic E-state index is 6.49. The third kappa shape index (κ3) is 3.15. The molecule has 1 unspecified atom stereocenters. The zero-order chi connectivity index (χ0) is 22.6. The van der Waals surface area contributed by atoms with Gasteiger partial charge in [0.1, 0.15) is 12.4 Å². The first-order valence-electron chi connectivity index (χ1n) is 12.9. The molecule has 0 spiro atoms. The van der Waals surface area contributed by atoms with Gasteiger partial charge in [-0.3, -0.25) is 0 Å². The van der Waals surface area contributed by atoms with Gasteiger partial charge in [0.05, 0.1) is 5.52 Å². The SMILES string of the molecule is CC1=C2C=C2C2=CC=CCC2c2cc3c(OCc4ccccc4)ccc(C4CCCCC4)c3n21. The van der Waals surface area contributed by atoms with Crippen molar-refractivity contribution in [3.05, 3.63) is 106 Å². The van der Waals surface area contributed by atoms with Crippen molar-refractivity contribution in [3.63, 3.8) is 0 Å². The van der Waals surface area contributed by atoms with Crippen LogP contribution in [0.2, 0.25) is 0 Å². The predicted octanol–water partition coefficient (Wildman–Crippen LogP) is 8.42. The van der Waals surface area contributed by atoms with Gasteiger partial charge in [0.15, 0.2) is 0 Å². The van der Waals surface area contributed by atoms with E-state index in [1.165, 1.54) is 82.2 Å². The first-order valence-corrected chi connectivity index (χ1v) is 12.9. The number of rotatable bonds is 4. The summed E-state index contributed by atoms with van der Waals surface area (Å²) in [6.45, 7) is 2.91. The summed E-state index contributed by atoms with van der Waals surface area (Å²) in [7, 11) is 0. The van der Waals surface area contributed by atoms with Gasteiger partial charge >= 0.3 is 0 Å². The van der Waals surface area contributed by atoms with E-state index in [4.69, 9.17) is 4.74 Å². The summed E-state index contributed by atoms with van der Waals surface area (Å²) in [6, 6.07) is 17.6. The fraction of sp³-hybridized carbons (Fsp3) is 0.312. The summed E-state index contributed by atoms with van der Waals surface area (Å²) in [5.74, 6) is 2.07. The van der Waals surface area contributed by atoms with Gasteiger partial charge in [0.25, 0.3) is 0 Å². The first-order chi connectivity index (χ1) is 16.8. The lowest BCUT2D eigenvalue weighted by Gasteiger charge is -2.25. The van der Waals surface area contributed by atoms with Crippen LogP contribution in [0.4, 0.5) is 0 Å². The van der Waals surface area contributed by atoms with E-state index in [9.17, 15) is 0 Å². The van der Waals surface area contributed by atoms with E-state index in [0.29, 0.717) is 18.4 Å². The van der Waals surface area contributed by atoms with Gasteiger partial charge in [-0.15, -0.1) is 0 Å². The Hall–Kier alpha value is -3.26. The van der Waals surface area contributed by atoms with Gasteiger partial charge in [0, 0.05) is 28.3 Å². The van der Waals surface area contributed by atoms with Crippen molar-refractivity contribution in [2.24, 2.45) is 0 Å². The molecule has 2 nitrogen and oxygen atoms in total. The molecule has 2 heterocycles. The molecule has 4 aliphatic rings. The normalized spacial score (nSPS) is 21.4. The number of aromatic nitrogens is 1. The third-order valence-electron chi connectivity index (χ3n) is 8.31. The van der Waals surface area contributed by atoms with Crippen molar-refractivity contribution in [2.45, 2.75) is 63.9 Å². The number of benzene rings is 2. The second-order valence-electron chi connectivity index (χ2n) is 10.3. The monoisotopic (exact) mass is 445 g/mol. The number of allylic oxidation sites excluding steroid dienone is 8. The molecule has 3 aliphatic carbocycles. The van der Waals surface area contributed by atoms with Gasteiger partial charge in [-0.2, -0.15) is 0 Å². The molecule has 2 heteroatoms. The van der Waals surface area contributed by atoms with Crippen molar-refractivity contribution in [3.8, 4) is 5.75 Å². The molecule has 1 aromatic heterocycles. The van der Waals surface area contributed by atoms with E-state index in [0.717, 1.165) is 12.2 Å². The van der Waals surface area contributed by atoms with Gasteiger partial charge in [-0.25, -0.2) is 0 Å². The quantitative estimate of drug-likeness (QED) is 0.393. The summed E-state index contributed by atoms with van der Waals surface area (Å²) in [5, 5.41) is 1.28. The molecular formula is C32H31NO. The summed E-state index contributed by atoms with van der Waals surface area (Å²) < 4.78 is 9.10. The summed E-state index contributed by atoms with van der Waals surface area (Å²) >= 11 is 0. The highest BCUT2D eigenvalue weighted by atomic mass is 16.5. The lowest BCUT2D eigenvalue weighted by molar-refractivity contribution is 0.310. The number of hydrogen-bond donors (Lipinski definition) is 0.